The van der Waals surface area contributed by atoms with Crippen molar-refractivity contribution in [3.63, 3.8) is 0 Å². The van der Waals surface area contributed by atoms with Crippen molar-refractivity contribution >= 4 is 23.3 Å². The van der Waals surface area contributed by atoms with E-state index in [0.29, 0.717) is 5.69 Å². The summed E-state index contributed by atoms with van der Waals surface area (Å²) in [7, 11) is 0. The Morgan fingerprint density at radius 2 is 2.10 bits per heavy atom. The molecule has 0 saturated carbocycles. The van der Waals surface area contributed by atoms with Crippen molar-refractivity contribution in [2.75, 3.05) is 0 Å². The molecule has 0 bridgehead atoms. The highest BCUT2D eigenvalue weighted by molar-refractivity contribution is 7.80. The summed E-state index contributed by atoms with van der Waals surface area (Å²) < 4.78 is 6.08. The SMILES string of the molecule is NC1=NC(c2c([O-])on[n+]2-c2ccccc2)NC(=S)N1. The molecule has 1 atom stereocenters. The average molecular weight is 290 g/mol. The van der Waals surface area contributed by atoms with Gasteiger partial charge < -0.3 is 26.0 Å². The van der Waals surface area contributed by atoms with Crippen LogP contribution in [0.25, 0.3) is 5.69 Å². The molecule has 0 radical (unpaired) electrons. The van der Waals surface area contributed by atoms with Crippen molar-refractivity contribution in [1.29, 1.82) is 0 Å². The number of guanidine groups is 1. The third kappa shape index (κ3) is 2.14. The summed E-state index contributed by atoms with van der Waals surface area (Å²) in [4.78, 5) is 4.09. The Labute approximate surface area is 118 Å². The second-order valence-corrected chi connectivity index (χ2v) is 4.42. The molecule has 1 aliphatic heterocycles. The number of aromatic nitrogens is 2. The smallest absolute Gasteiger partial charge is 0.284 e. The summed E-state index contributed by atoms with van der Waals surface area (Å²) in [6.45, 7) is 0. The number of para-hydroxylation sites is 1. The molecule has 4 N–H and O–H groups in total. The van der Waals surface area contributed by atoms with Gasteiger partial charge in [0.25, 0.3) is 5.69 Å². The lowest BCUT2D eigenvalue weighted by atomic mass is 10.3. The van der Waals surface area contributed by atoms with Gasteiger partial charge in [-0.05, 0) is 16.9 Å². The quantitative estimate of drug-likeness (QED) is 0.471. The van der Waals surface area contributed by atoms with Crippen LogP contribution in [0.5, 0.6) is 5.95 Å². The Balaban J connectivity index is 2.08. The molecule has 0 spiro atoms. The fourth-order valence-electron chi connectivity index (χ4n) is 1.85. The Kier molecular flexibility index (Phi) is 2.95. The molecule has 2 heterocycles. The lowest BCUT2D eigenvalue weighted by Crippen LogP contribution is -2.52. The van der Waals surface area contributed by atoms with E-state index in [0.717, 1.165) is 0 Å². The fourth-order valence-corrected chi connectivity index (χ4v) is 2.06. The number of rotatable bonds is 2. The number of thiocarbonyl (C=S) groups is 1. The number of nitrogens with one attached hydrogen (secondary N) is 2. The maximum atomic E-state index is 11.9. The molecule has 0 aliphatic carbocycles. The molecule has 0 saturated heterocycles. The molecule has 9 heteroatoms. The molecule has 3 rings (SSSR count). The van der Waals surface area contributed by atoms with Crippen LogP contribution in [0.2, 0.25) is 0 Å². The van der Waals surface area contributed by atoms with E-state index in [4.69, 9.17) is 22.5 Å². The van der Waals surface area contributed by atoms with Crippen LogP contribution < -0.4 is 26.2 Å². The highest BCUT2D eigenvalue weighted by Crippen LogP contribution is 2.21. The van der Waals surface area contributed by atoms with E-state index in [1.54, 1.807) is 12.1 Å². The van der Waals surface area contributed by atoms with Gasteiger partial charge in [0.05, 0.1) is 5.27 Å². The summed E-state index contributed by atoms with van der Waals surface area (Å²) in [6, 6.07) is 9.08. The molecule has 1 aliphatic rings. The second-order valence-electron chi connectivity index (χ2n) is 4.01. The Morgan fingerprint density at radius 3 is 2.80 bits per heavy atom. The molecule has 2 aromatic rings. The summed E-state index contributed by atoms with van der Waals surface area (Å²) >= 11 is 4.99. The molecule has 0 amide bonds. The van der Waals surface area contributed by atoms with Gasteiger partial charge in [0, 0.05) is 12.1 Å². The van der Waals surface area contributed by atoms with Crippen molar-refractivity contribution in [3.8, 4) is 11.6 Å². The first-order valence-electron chi connectivity index (χ1n) is 5.70. The van der Waals surface area contributed by atoms with Crippen molar-refractivity contribution in [2.45, 2.75) is 6.17 Å². The molecule has 20 heavy (non-hydrogen) atoms. The van der Waals surface area contributed by atoms with Crippen LogP contribution in [-0.4, -0.2) is 16.3 Å². The molecule has 8 nitrogen and oxygen atoms in total. The molecule has 102 valence electrons. The average Bonchev–Trinajstić information content (AvgIpc) is 2.80. The van der Waals surface area contributed by atoms with E-state index in [-0.39, 0.29) is 16.8 Å². The lowest BCUT2D eigenvalue weighted by molar-refractivity contribution is -0.679. The lowest BCUT2D eigenvalue weighted by Gasteiger charge is -2.20. The highest BCUT2D eigenvalue weighted by Gasteiger charge is 2.31. The Bertz CT molecular complexity index is 683. The fraction of sp³-hybridized carbons (Fsp3) is 0.0909. The van der Waals surface area contributed by atoms with Gasteiger partial charge in [0.15, 0.2) is 17.0 Å². The third-order valence-electron chi connectivity index (χ3n) is 2.68. The Hall–Kier alpha value is -2.68. The van der Waals surface area contributed by atoms with Gasteiger partial charge in [-0.15, -0.1) is 0 Å². The van der Waals surface area contributed by atoms with Crippen molar-refractivity contribution in [3.05, 3.63) is 36.0 Å². The topological polar surface area (TPSA) is 115 Å². The Morgan fingerprint density at radius 1 is 1.35 bits per heavy atom. The second kappa shape index (κ2) is 4.78. The zero-order valence-electron chi connectivity index (χ0n) is 10.1. The largest absolute Gasteiger partial charge is 0.539 e. The van der Waals surface area contributed by atoms with Crippen molar-refractivity contribution < 1.29 is 14.3 Å². The van der Waals surface area contributed by atoms with Crippen LogP contribution in [0, 0.1) is 0 Å². The number of aliphatic imine (C=N–C) groups is 1. The number of nitrogens with two attached hydrogens (primary N) is 1. The monoisotopic (exact) mass is 290 g/mol. The van der Waals surface area contributed by atoms with Crippen LogP contribution in [0.1, 0.15) is 11.9 Å². The summed E-state index contributed by atoms with van der Waals surface area (Å²) in [5, 5.41) is 21.3. The number of hydrogen-bond donors (Lipinski definition) is 3. The van der Waals surface area contributed by atoms with Crippen LogP contribution in [0.4, 0.5) is 0 Å². The first-order chi connectivity index (χ1) is 9.65. The normalized spacial score (nSPS) is 18.1. The molecule has 1 unspecified atom stereocenters. The van der Waals surface area contributed by atoms with Crippen molar-refractivity contribution in [1.82, 2.24) is 15.9 Å². The van der Waals surface area contributed by atoms with Crippen molar-refractivity contribution in [2.24, 2.45) is 10.7 Å². The van der Waals surface area contributed by atoms with E-state index in [9.17, 15) is 5.11 Å². The van der Waals surface area contributed by atoms with E-state index in [2.05, 4.69) is 20.9 Å². The molecule has 0 fully saturated rings. The van der Waals surface area contributed by atoms with Crippen LogP contribution in [0.15, 0.2) is 39.8 Å². The standard InChI is InChI=1S/C11H10N6O2S/c12-10-13-8(14-11(20)15-10)7-9(18)19-16-17(7)6-4-2-1-3-5-6/h1-5,8H,(H4-,12,13,14,15,16,18,20). The van der Waals surface area contributed by atoms with Gasteiger partial charge in [0.1, 0.15) is 0 Å². The molecule has 1 aromatic heterocycles. The minimum atomic E-state index is -0.747. The van der Waals surface area contributed by atoms with Gasteiger partial charge in [-0.25, -0.2) is 4.99 Å². The maximum absolute atomic E-state index is 11.9. The van der Waals surface area contributed by atoms with Gasteiger partial charge in [0.2, 0.25) is 11.9 Å². The van der Waals surface area contributed by atoms with E-state index in [1.165, 1.54) is 4.68 Å². The summed E-state index contributed by atoms with van der Waals surface area (Å²) in [5.41, 5.74) is 6.48. The van der Waals surface area contributed by atoms with Gasteiger partial charge in [-0.3, -0.25) is 0 Å². The predicted octanol–water partition coefficient (Wildman–Crippen LogP) is -1.18. The first kappa shape index (κ1) is 12.4. The highest BCUT2D eigenvalue weighted by atomic mass is 32.1. The predicted molar refractivity (Wildman–Crippen MR) is 70.7 cm³/mol. The molecule has 1 aromatic carbocycles. The minimum absolute atomic E-state index is 0.124. The van der Waals surface area contributed by atoms with Crippen LogP contribution in [0.3, 0.4) is 0 Å². The molecular weight excluding hydrogens is 280 g/mol. The van der Waals surface area contributed by atoms with E-state index < -0.39 is 12.1 Å². The minimum Gasteiger partial charge on any atom is -0.539 e. The number of benzene rings is 1. The zero-order chi connectivity index (χ0) is 14.1. The zero-order valence-corrected chi connectivity index (χ0v) is 10.9. The summed E-state index contributed by atoms with van der Waals surface area (Å²) in [6.07, 6.45) is -0.747. The summed E-state index contributed by atoms with van der Waals surface area (Å²) in [5.74, 6) is -0.480. The molecular formula is C11H10N6O2S. The van der Waals surface area contributed by atoms with Crippen LogP contribution in [-0.2, 0) is 0 Å². The third-order valence-corrected chi connectivity index (χ3v) is 2.90. The van der Waals surface area contributed by atoms with E-state index >= 15 is 0 Å². The van der Waals surface area contributed by atoms with Gasteiger partial charge in [-0.1, -0.05) is 18.2 Å². The first-order valence-corrected chi connectivity index (χ1v) is 6.11. The number of hydrogen-bond acceptors (Lipinski definition) is 6. The van der Waals surface area contributed by atoms with Gasteiger partial charge >= 0.3 is 0 Å². The van der Waals surface area contributed by atoms with E-state index in [1.807, 2.05) is 18.2 Å². The van der Waals surface area contributed by atoms with Crippen LogP contribution >= 0.6 is 12.2 Å². The number of nitrogens with zero attached hydrogens (tertiary/aromatic N) is 3. The van der Waals surface area contributed by atoms with Gasteiger partial charge in [-0.2, -0.15) is 0 Å². The maximum Gasteiger partial charge on any atom is 0.284 e.